The second-order valence-corrected chi connectivity index (χ2v) is 4.90. The van der Waals surface area contributed by atoms with Crippen LogP contribution in [-0.4, -0.2) is 27.6 Å². The van der Waals surface area contributed by atoms with Crippen molar-refractivity contribution in [1.82, 2.24) is 14.8 Å². The summed E-state index contributed by atoms with van der Waals surface area (Å²) in [6.07, 6.45) is 1.86. The molecule has 1 aromatic carbocycles. The summed E-state index contributed by atoms with van der Waals surface area (Å²) in [5.74, 6) is 3.26. The molecule has 0 amide bonds. The van der Waals surface area contributed by atoms with Gasteiger partial charge in [0.2, 0.25) is 6.79 Å². The molecule has 0 radical (unpaired) electrons. The standard InChI is InChI=1S/C13H14N4O2/c14-9-2-4-12-15-13(16-17(12)6-9)8-1-3-10-11(5-8)19-7-18-10/h1,3,5,9H,2,4,6-7,14H2. The van der Waals surface area contributed by atoms with Gasteiger partial charge in [-0.25, -0.2) is 9.67 Å². The fourth-order valence-corrected chi connectivity index (χ4v) is 2.49. The molecule has 4 rings (SSSR count). The van der Waals surface area contributed by atoms with E-state index in [9.17, 15) is 0 Å². The molecule has 0 saturated carbocycles. The first kappa shape index (κ1) is 10.8. The van der Waals surface area contributed by atoms with Gasteiger partial charge in [-0.1, -0.05) is 0 Å². The fourth-order valence-electron chi connectivity index (χ4n) is 2.49. The summed E-state index contributed by atoms with van der Waals surface area (Å²) in [7, 11) is 0. The maximum atomic E-state index is 5.95. The number of aryl methyl sites for hydroxylation is 1. The van der Waals surface area contributed by atoms with E-state index in [2.05, 4.69) is 10.1 Å². The SMILES string of the molecule is NC1CCc2nc(-c3ccc4c(c3)OCO4)nn2C1. The van der Waals surface area contributed by atoms with Crippen LogP contribution in [0, 0.1) is 0 Å². The average Bonchev–Trinajstić information content (AvgIpc) is 3.02. The summed E-state index contributed by atoms with van der Waals surface area (Å²) in [4.78, 5) is 4.58. The number of aromatic nitrogens is 3. The number of ether oxygens (including phenoxy) is 2. The van der Waals surface area contributed by atoms with E-state index in [0.717, 1.165) is 48.1 Å². The zero-order chi connectivity index (χ0) is 12.8. The Bertz CT molecular complexity index is 638. The molecule has 0 bridgehead atoms. The molecule has 2 aromatic rings. The third-order valence-electron chi connectivity index (χ3n) is 3.53. The van der Waals surface area contributed by atoms with E-state index in [0.29, 0.717) is 0 Å². The lowest BCUT2D eigenvalue weighted by Crippen LogP contribution is -2.32. The highest BCUT2D eigenvalue weighted by atomic mass is 16.7. The van der Waals surface area contributed by atoms with Gasteiger partial charge in [0.25, 0.3) is 0 Å². The molecule has 0 spiro atoms. The maximum Gasteiger partial charge on any atom is 0.231 e. The zero-order valence-corrected chi connectivity index (χ0v) is 10.4. The summed E-state index contributed by atoms with van der Waals surface area (Å²) >= 11 is 0. The molecule has 1 unspecified atom stereocenters. The molecule has 6 heteroatoms. The van der Waals surface area contributed by atoms with Crippen LogP contribution in [0.25, 0.3) is 11.4 Å². The Labute approximate surface area is 110 Å². The first-order valence-electron chi connectivity index (χ1n) is 6.39. The van der Waals surface area contributed by atoms with E-state index in [1.807, 2.05) is 22.9 Å². The third kappa shape index (κ3) is 1.76. The summed E-state index contributed by atoms with van der Waals surface area (Å²) in [5, 5.41) is 4.53. The minimum atomic E-state index is 0.179. The summed E-state index contributed by atoms with van der Waals surface area (Å²) in [5.41, 5.74) is 6.89. The van der Waals surface area contributed by atoms with Gasteiger partial charge in [-0.15, -0.1) is 0 Å². The van der Waals surface area contributed by atoms with E-state index in [1.54, 1.807) is 0 Å². The predicted octanol–water partition coefficient (Wildman–Crippen LogP) is 0.947. The molecule has 2 aliphatic heterocycles. The Balaban J connectivity index is 1.73. The topological polar surface area (TPSA) is 75.2 Å². The number of benzene rings is 1. The van der Waals surface area contributed by atoms with Gasteiger partial charge in [0, 0.05) is 18.0 Å². The predicted molar refractivity (Wildman–Crippen MR) is 67.9 cm³/mol. The Morgan fingerprint density at radius 1 is 1.26 bits per heavy atom. The van der Waals surface area contributed by atoms with Crippen LogP contribution in [-0.2, 0) is 13.0 Å². The van der Waals surface area contributed by atoms with Crippen LogP contribution in [0.5, 0.6) is 11.5 Å². The maximum absolute atomic E-state index is 5.95. The summed E-state index contributed by atoms with van der Waals surface area (Å²) in [6, 6.07) is 5.95. The zero-order valence-electron chi connectivity index (χ0n) is 10.4. The van der Waals surface area contributed by atoms with Crippen LogP contribution in [0.2, 0.25) is 0 Å². The van der Waals surface area contributed by atoms with Gasteiger partial charge in [0.15, 0.2) is 17.3 Å². The second-order valence-electron chi connectivity index (χ2n) is 4.90. The minimum absolute atomic E-state index is 0.179. The van der Waals surface area contributed by atoms with Crippen molar-refractivity contribution in [3.63, 3.8) is 0 Å². The summed E-state index contributed by atoms with van der Waals surface area (Å²) in [6.45, 7) is 1.02. The van der Waals surface area contributed by atoms with Crippen LogP contribution >= 0.6 is 0 Å². The third-order valence-corrected chi connectivity index (χ3v) is 3.53. The number of fused-ring (bicyclic) bond motifs is 2. The average molecular weight is 258 g/mol. The van der Waals surface area contributed by atoms with E-state index >= 15 is 0 Å². The van der Waals surface area contributed by atoms with E-state index in [-0.39, 0.29) is 12.8 Å². The van der Waals surface area contributed by atoms with Crippen molar-refractivity contribution in [3.8, 4) is 22.9 Å². The molecule has 98 valence electrons. The molecular weight excluding hydrogens is 244 g/mol. The monoisotopic (exact) mass is 258 g/mol. The molecule has 2 N–H and O–H groups in total. The first-order chi connectivity index (χ1) is 9.29. The second kappa shape index (κ2) is 3.96. The van der Waals surface area contributed by atoms with E-state index < -0.39 is 0 Å². The Morgan fingerprint density at radius 2 is 2.16 bits per heavy atom. The molecule has 1 atom stereocenters. The lowest BCUT2D eigenvalue weighted by molar-refractivity contribution is 0.174. The van der Waals surface area contributed by atoms with Crippen molar-refractivity contribution in [3.05, 3.63) is 24.0 Å². The lowest BCUT2D eigenvalue weighted by atomic mass is 10.1. The van der Waals surface area contributed by atoms with Crippen LogP contribution < -0.4 is 15.2 Å². The number of hydrogen-bond donors (Lipinski definition) is 1. The Hall–Kier alpha value is -2.08. The van der Waals surface area contributed by atoms with Crippen molar-refractivity contribution in [2.75, 3.05) is 6.79 Å². The van der Waals surface area contributed by atoms with Gasteiger partial charge in [0.05, 0.1) is 6.54 Å². The highest BCUT2D eigenvalue weighted by Crippen LogP contribution is 2.35. The van der Waals surface area contributed by atoms with Gasteiger partial charge >= 0.3 is 0 Å². The van der Waals surface area contributed by atoms with Gasteiger partial charge in [-0.05, 0) is 24.6 Å². The number of rotatable bonds is 1. The highest BCUT2D eigenvalue weighted by Gasteiger charge is 2.21. The van der Waals surface area contributed by atoms with Gasteiger partial charge < -0.3 is 15.2 Å². The van der Waals surface area contributed by atoms with Crippen molar-refractivity contribution >= 4 is 0 Å². The molecule has 6 nitrogen and oxygen atoms in total. The first-order valence-corrected chi connectivity index (χ1v) is 6.39. The quantitative estimate of drug-likeness (QED) is 0.824. The molecule has 0 fully saturated rings. The van der Waals surface area contributed by atoms with Crippen molar-refractivity contribution in [2.45, 2.75) is 25.4 Å². The van der Waals surface area contributed by atoms with Crippen LogP contribution in [0.4, 0.5) is 0 Å². The largest absolute Gasteiger partial charge is 0.454 e. The van der Waals surface area contributed by atoms with Crippen molar-refractivity contribution in [1.29, 1.82) is 0 Å². The smallest absolute Gasteiger partial charge is 0.231 e. The lowest BCUT2D eigenvalue weighted by Gasteiger charge is -2.17. The number of hydrogen-bond acceptors (Lipinski definition) is 5. The molecule has 19 heavy (non-hydrogen) atoms. The van der Waals surface area contributed by atoms with Crippen LogP contribution in [0.15, 0.2) is 18.2 Å². The molecule has 2 aliphatic rings. The summed E-state index contributed by atoms with van der Waals surface area (Å²) < 4.78 is 12.6. The van der Waals surface area contributed by atoms with E-state index in [1.165, 1.54) is 0 Å². The molecule has 0 aliphatic carbocycles. The van der Waals surface area contributed by atoms with Crippen molar-refractivity contribution < 1.29 is 9.47 Å². The van der Waals surface area contributed by atoms with Gasteiger partial charge in [0.1, 0.15) is 5.82 Å². The molecular formula is C13H14N4O2. The highest BCUT2D eigenvalue weighted by molar-refractivity contribution is 5.61. The Morgan fingerprint density at radius 3 is 3.11 bits per heavy atom. The number of nitrogens with zero attached hydrogens (tertiary/aromatic N) is 3. The van der Waals surface area contributed by atoms with Gasteiger partial charge in [-0.3, -0.25) is 0 Å². The minimum Gasteiger partial charge on any atom is -0.454 e. The van der Waals surface area contributed by atoms with E-state index in [4.69, 9.17) is 15.2 Å². The molecule has 0 saturated heterocycles. The Kier molecular flexibility index (Phi) is 2.25. The van der Waals surface area contributed by atoms with Crippen LogP contribution in [0.3, 0.4) is 0 Å². The van der Waals surface area contributed by atoms with Crippen molar-refractivity contribution in [2.24, 2.45) is 5.73 Å². The van der Waals surface area contributed by atoms with Crippen LogP contribution in [0.1, 0.15) is 12.2 Å². The normalized spacial score (nSPS) is 20.4. The molecule has 1 aromatic heterocycles. The number of nitrogens with two attached hydrogens (primary N) is 1. The van der Waals surface area contributed by atoms with Gasteiger partial charge in [-0.2, -0.15) is 5.10 Å². The molecule has 3 heterocycles. The fraction of sp³-hybridized carbons (Fsp3) is 0.385.